The Bertz CT molecular complexity index is 960. The highest BCUT2D eigenvalue weighted by molar-refractivity contribution is 5.74. The number of nitrogens with zero attached hydrogens (tertiary/aromatic N) is 1. The summed E-state index contributed by atoms with van der Waals surface area (Å²) < 4.78 is 55.4. The minimum Gasteiger partial charge on any atom is -0.380 e. The molecule has 1 heterocycles. The van der Waals surface area contributed by atoms with Crippen molar-refractivity contribution < 1.29 is 22.7 Å². The van der Waals surface area contributed by atoms with Crippen molar-refractivity contribution in [2.24, 2.45) is 0 Å². The maximum Gasteiger partial charge on any atom is 0.417 e. The molecule has 0 bridgehead atoms. The standard InChI is InChI=1S/C21H22F4N2O/c1-13-8-9-14(22)10-15(13)19(2,3)12-20(28,21(23,24)25)11-18-26-16-6-4-5-7-17(16)27-18/h4-10,28H,11-12H2,1-3H3,(H,26,27). The summed E-state index contributed by atoms with van der Waals surface area (Å²) in [4.78, 5) is 7.01. The number of aryl methyl sites for hydroxylation is 1. The summed E-state index contributed by atoms with van der Waals surface area (Å²) >= 11 is 0. The molecular formula is C21H22F4N2O. The van der Waals surface area contributed by atoms with Gasteiger partial charge in [0.05, 0.1) is 11.0 Å². The number of hydrogen-bond donors (Lipinski definition) is 2. The van der Waals surface area contributed by atoms with Gasteiger partial charge in [-0.2, -0.15) is 13.2 Å². The van der Waals surface area contributed by atoms with Crippen molar-refractivity contribution in [1.29, 1.82) is 0 Å². The number of rotatable bonds is 5. The van der Waals surface area contributed by atoms with Gasteiger partial charge >= 0.3 is 6.18 Å². The van der Waals surface area contributed by atoms with E-state index < -0.39 is 35.9 Å². The van der Waals surface area contributed by atoms with Gasteiger partial charge in [0.15, 0.2) is 5.60 Å². The highest BCUT2D eigenvalue weighted by Gasteiger charge is 2.56. The maximum absolute atomic E-state index is 13.9. The van der Waals surface area contributed by atoms with E-state index in [1.807, 2.05) is 0 Å². The van der Waals surface area contributed by atoms with E-state index in [1.54, 1.807) is 45.0 Å². The van der Waals surface area contributed by atoms with Crippen LogP contribution < -0.4 is 0 Å². The molecule has 0 spiro atoms. The van der Waals surface area contributed by atoms with Crippen molar-refractivity contribution >= 4 is 11.0 Å². The van der Waals surface area contributed by atoms with Gasteiger partial charge in [0.25, 0.3) is 0 Å². The Kier molecular flexibility index (Phi) is 5.00. The van der Waals surface area contributed by atoms with Crippen LogP contribution in [0.2, 0.25) is 0 Å². The molecule has 1 atom stereocenters. The Hall–Kier alpha value is -2.41. The molecule has 1 aromatic heterocycles. The van der Waals surface area contributed by atoms with Crippen LogP contribution in [0.1, 0.15) is 37.2 Å². The van der Waals surface area contributed by atoms with Crippen molar-refractivity contribution in [3.05, 3.63) is 65.2 Å². The highest BCUT2D eigenvalue weighted by Crippen LogP contribution is 2.43. The molecule has 150 valence electrons. The van der Waals surface area contributed by atoms with Crippen LogP contribution in [-0.4, -0.2) is 26.9 Å². The summed E-state index contributed by atoms with van der Waals surface area (Å²) in [5.41, 5.74) is -1.92. The van der Waals surface area contributed by atoms with Crippen LogP contribution in [0.4, 0.5) is 17.6 Å². The predicted molar refractivity (Wildman–Crippen MR) is 99.6 cm³/mol. The van der Waals surface area contributed by atoms with Crippen molar-refractivity contribution in [3.63, 3.8) is 0 Å². The first-order valence-corrected chi connectivity index (χ1v) is 8.91. The van der Waals surface area contributed by atoms with Crippen LogP contribution in [0, 0.1) is 12.7 Å². The number of alkyl halides is 3. The van der Waals surface area contributed by atoms with E-state index >= 15 is 0 Å². The Morgan fingerprint density at radius 3 is 2.39 bits per heavy atom. The average Bonchev–Trinajstić information content (AvgIpc) is 2.97. The maximum atomic E-state index is 13.9. The third kappa shape index (κ3) is 3.90. The van der Waals surface area contributed by atoms with Gasteiger partial charge in [-0.25, -0.2) is 9.37 Å². The van der Waals surface area contributed by atoms with Gasteiger partial charge in [-0.15, -0.1) is 0 Å². The topological polar surface area (TPSA) is 48.9 Å². The van der Waals surface area contributed by atoms with Crippen molar-refractivity contribution in [1.82, 2.24) is 9.97 Å². The zero-order valence-corrected chi connectivity index (χ0v) is 15.9. The molecule has 7 heteroatoms. The number of H-pyrrole nitrogens is 1. The van der Waals surface area contributed by atoms with Crippen LogP contribution in [-0.2, 0) is 11.8 Å². The molecule has 0 aliphatic carbocycles. The lowest BCUT2D eigenvalue weighted by molar-refractivity contribution is -0.266. The fourth-order valence-electron chi connectivity index (χ4n) is 3.78. The largest absolute Gasteiger partial charge is 0.417 e. The third-order valence-electron chi connectivity index (χ3n) is 5.09. The normalized spacial score (nSPS) is 15.0. The third-order valence-corrected chi connectivity index (χ3v) is 5.09. The van der Waals surface area contributed by atoms with E-state index in [-0.39, 0.29) is 5.82 Å². The van der Waals surface area contributed by atoms with Crippen LogP contribution >= 0.6 is 0 Å². The molecule has 0 radical (unpaired) electrons. The molecule has 28 heavy (non-hydrogen) atoms. The van der Waals surface area contributed by atoms with E-state index in [1.165, 1.54) is 18.2 Å². The van der Waals surface area contributed by atoms with Crippen LogP contribution in [0.15, 0.2) is 42.5 Å². The SMILES string of the molecule is Cc1ccc(F)cc1C(C)(C)CC(O)(Cc1nc2ccccc2[nH]1)C(F)(F)F. The first-order valence-electron chi connectivity index (χ1n) is 8.91. The van der Waals surface area contributed by atoms with Crippen molar-refractivity contribution in [2.75, 3.05) is 0 Å². The average molecular weight is 394 g/mol. The van der Waals surface area contributed by atoms with E-state index in [4.69, 9.17) is 0 Å². The number of benzene rings is 2. The van der Waals surface area contributed by atoms with Gasteiger partial charge in [-0.3, -0.25) is 0 Å². The lowest BCUT2D eigenvalue weighted by Gasteiger charge is -2.38. The monoisotopic (exact) mass is 394 g/mol. The summed E-state index contributed by atoms with van der Waals surface area (Å²) in [5, 5.41) is 10.7. The Balaban J connectivity index is 1.98. The zero-order valence-electron chi connectivity index (χ0n) is 15.9. The number of aromatic amines is 1. The molecule has 2 aromatic carbocycles. The fourth-order valence-corrected chi connectivity index (χ4v) is 3.78. The Morgan fingerprint density at radius 1 is 1.07 bits per heavy atom. The number of para-hydroxylation sites is 2. The predicted octanol–water partition coefficient (Wildman–Crippen LogP) is 5.21. The smallest absolute Gasteiger partial charge is 0.380 e. The van der Waals surface area contributed by atoms with Gasteiger partial charge in [0, 0.05) is 6.42 Å². The second kappa shape index (κ2) is 6.88. The van der Waals surface area contributed by atoms with E-state index in [9.17, 15) is 22.7 Å². The van der Waals surface area contributed by atoms with Crippen molar-refractivity contribution in [3.8, 4) is 0 Å². The zero-order chi connectivity index (χ0) is 20.7. The lowest BCUT2D eigenvalue weighted by atomic mass is 9.72. The summed E-state index contributed by atoms with van der Waals surface area (Å²) in [6, 6.07) is 10.9. The molecule has 0 fully saturated rings. The van der Waals surface area contributed by atoms with Gasteiger partial charge in [-0.05, 0) is 54.2 Å². The number of imidazole rings is 1. The number of hydrogen-bond acceptors (Lipinski definition) is 2. The number of halogens is 4. The number of nitrogens with one attached hydrogen (secondary N) is 1. The molecule has 0 aliphatic rings. The van der Waals surface area contributed by atoms with Crippen LogP contribution in [0.3, 0.4) is 0 Å². The molecule has 3 rings (SSSR count). The first-order chi connectivity index (χ1) is 12.9. The van der Waals surface area contributed by atoms with E-state index in [0.717, 1.165) is 0 Å². The minimum absolute atomic E-state index is 0.0489. The molecule has 1 unspecified atom stereocenters. The molecule has 0 saturated carbocycles. The summed E-state index contributed by atoms with van der Waals surface area (Å²) in [6.07, 6.45) is -6.24. The highest BCUT2D eigenvalue weighted by atomic mass is 19.4. The van der Waals surface area contributed by atoms with Crippen LogP contribution in [0.25, 0.3) is 11.0 Å². The number of aliphatic hydroxyl groups is 1. The first kappa shape index (κ1) is 20.3. The van der Waals surface area contributed by atoms with Gasteiger partial charge in [0.1, 0.15) is 11.6 Å². The van der Waals surface area contributed by atoms with E-state index in [2.05, 4.69) is 9.97 Å². The number of fused-ring (bicyclic) bond motifs is 1. The van der Waals surface area contributed by atoms with E-state index in [0.29, 0.717) is 22.2 Å². The number of aromatic nitrogens is 2. The van der Waals surface area contributed by atoms with Gasteiger partial charge in [0.2, 0.25) is 0 Å². The Morgan fingerprint density at radius 2 is 1.75 bits per heavy atom. The molecular weight excluding hydrogens is 372 g/mol. The molecule has 0 saturated heterocycles. The lowest BCUT2D eigenvalue weighted by Crippen LogP contribution is -2.51. The van der Waals surface area contributed by atoms with Crippen molar-refractivity contribution in [2.45, 2.75) is 50.8 Å². The van der Waals surface area contributed by atoms with Crippen LogP contribution in [0.5, 0.6) is 0 Å². The second-order valence-corrected chi connectivity index (χ2v) is 7.93. The Labute approximate surface area is 160 Å². The van der Waals surface area contributed by atoms with Gasteiger partial charge in [-0.1, -0.05) is 32.0 Å². The molecule has 0 aliphatic heterocycles. The van der Waals surface area contributed by atoms with Gasteiger partial charge < -0.3 is 10.1 Å². The minimum atomic E-state index is -4.88. The fraction of sp³-hybridized carbons (Fsp3) is 0.381. The molecule has 3 aromatic rings. The summed E-state index contributed by atoms with van der Waals surface area (Å²) in [6.45, 7) is 4.86. The summed E-state index contributed by atoms with van der Waals surface area (Å²) in [7, 11) is 0. The second-order valence-electron chi connectivity index (χ2n) is 7.93. The molecule has 0 amide bonds. The molecule has 3 nitrogen and oxygen atoms in total. The molecule has 2 N–H and O–H groups in total. The quantitative estimate of drug-likeness (QED) is 0.584. The summed E-state index contributed by atoms with van der Waals surface area (Å²) in [5.74, 6) is -0.478.